The summed E-state index contributed by atoms with van der Waals surface area (Å²) in [5.74, 6) is 0.622. The molecule has 0 aliphatic carbocycles. The Labute approximate surface area is 233 Å². The molecule has 2 saturated heterocycles. The zero-order valence-electron chi connectivity index (χ0n) is 23.4. The molecule has 2 aliphatic heterocycles. The molecule has 2 aliphatic rings. The molecule has 3 heterocycles. The number of nitrogens with zero attached hydrogens (tertiary/aromatic N) is 5. The number of hydrogen-bond acceptors (Lipinski definition) is 8. The number of ether oxygens (including phenoxy) is 1. The summed E-state index contributed by atoms with van der Waals surface area (Å²) in [5, 5.41) is 8.38. The van der Waals surface area contributed by atoms with Crippen LogP contribution in [-0.4, -0.2) is 70.0 Å². The lowest BCUT2D eigenvalue weighted by molar-refractivity contribution is 0.0188. The van der Waals surface area contributed by atoms with Crippen LogP contribution in [0.25, 0.3) is 11.1 Å². The van der Waals surface area contributed by atoms with Crippen LogP contribution in [0.2, 0.25) is 0 Å². The summed E-state index contributed by atoms with van der Waals surface area (Å²) >= 11 is 0. The Hall–Kier alpha value is -4.21. The van der Waals surface area contributed by atoms with Gasteiger partial charge in [-0.1, -0.05) is 52.8 Å². The van der Waals surface area contributed by atoms with Gasteiger partial charge in [0, 0.05) is 25.1 Å². The quantitative estimate of drug-likeness (QED) is 0.393. The predicted molar refractivity (Wildman–Crippen MR) is 149 cm³/mol. The number of amides is 2. The first-order chi connectivity index (χ1) is 19.2. The zero-order chi connectivity index (χ0) is 28.3. The summed E-state index contributed by atoms with van der Waals surface area (Å²) in [4.78, 5) is 39.4. The maximum Gasteiger partial charge on any atom is 0.410 e. The van der Waals surface area contributed by atoms with Crippen molar-refractivity contribution in [1.29, 1.82) is 0 Å². The standard InChI is InChI=1S/C30H35N5O5/c1-30(2,3)39-29(37)34-16-8-11-23(18-34)27-31-26(33-40-27)25-17-24(32-38-4)19-35(25)28(36)22-14-12-21(13-15-22)20-9-6-5-7-10-20/h5-7,9-10,12-15,23,25H,8,11,16-19H2,1-4H3/b32-24+/t23-,25-/m0/s1. The molecule has 2 amide bonds. The van der Waals surface area contributed by atoms with Crippen molar-refractivity contribution < 1.29 is 23.7 Å². The minimum absolute atomic E-state index is 0.106. The first kappa shape index (κ1) is 27.4. The Morgan fingerprint density at radius 2 is 1.77 bits per heavy atom. The van der Waals surface area contributed by atoms with Crippen LogP contribution in [0.5, 0.6) is 0 Å². The topological polar surface area (TPSA) is 110 Å². The number of aromatic nitrogens is 2. The second-order valence-electron chi connectivity index (χ2n) is 11.2. The van der Waals surface area contributed by atoms with Crippen molar-refractivity contribution in [3.63, 3.8) is 0 Å². The van der Waals surface area contributed by atoms with Crippen molar-refractivity contribution in [2.24, 2.45) is 5.16 Å². The molecule has 0 N–H and O–H groups in total. The van der Waals surface area contributed by atoms with Crippen molar-refractivity contribution in [2.75, 3.05) is 26.7 Å². The van der Waals surface area contributed by atoms with Gasteiger partial charge in [0.2, 0.25) is 5.89 Å². The Bertz CT molecular complexity index is 1360. The van der Waals surface area contributed by atoms with Gasteiger partial charge in [-0.25, -0.2) is 4.79 Å². The number of rotatable bonds is 5. The molecular formula is C30H35N5O5. The highest BCUT2D eigenvalue weighted by Gasteiger charge is 2.39. The molecule has 2 atom stereocenters. The van der Waals surface area contributed by atoms with Crippen LogP contribution in [0.1, 0.15) is 74.1 Å². The number of carbonyl (C=O) groups excluding carboxylic acids is 2. The number of hydrogen-bond donors (Lipinski definition) is 0. The molecule has 210 valence electrons. The van der Waals surface area contributed by atoms with E-state index in [0.717, 1.165) is 29.7 Å². The lowest BCUT2D eigenvalue weighted by atomic mass is 9.98. The van der Waals surface area contributed by atoms with Crippen LogP contribution < -0.4 is 0 Å². The molecule has 10 heteroatoms. The molecule has 0 saturated carbocycles. The van der Waals surface area contributed by atoms with Gasteiger partial charge in [-0.2, -0.15) is 4.98 Å². The number of piperidine rings is 1. The average Bonchev–Trinajstić information content (AvgIpc) is 3.60. The summed E-state index contributed by atoms with van der Waals surface area (Å²) in [6, 6.07) is 17.1. The first-order valence-corrected chi connectivity index (χ1v) is 13.6. The monoisotopic (exact) mass is 545 g/mol. The largest absolute Gasteiger partial charge is 0.444 e. The van der Waals surface area contributed by atoms with E-state index in [1.807, 2.05) is 75.4 Å². The van der Waals surface area contributed by atoms with E-state index in [9.17, 15) is 9.59 Å². The summed E-state index contributed by atoms with van der Waals surface area (Å²) in [7, 11) is 1.49. The van der Waals surface area contributed by atoms with Crippen LogP contribution in [0.15, 0.2) is 64.3 Å². The van der Waals surface area contributed by atoms with E-state index in [2.05, 4.69) is 10.3 Å². The van der Waals surface area contributed by atoms with Crippen molar-refractivity contribution in [3.05, 3.63) is 71.9 Å². The molecule has 0 bridgehead atoms. The van der Waals surface area contributed by atoms with E-state index in [1.165, 1.54) is 7.11 Å². The third-order valence-corrected chi connectivity index (χ3v) is 7.06. The Morgan fingerprint density at radius 1 is 1.05 bits per heavy atom. The zero-order valence-corrected chi connectivity index (χ0v) is 23.4. The lowest BCUT2D eigenvalue weighted by Crippen LogP contribution is -2.42. The van der Waals surface area contributed by atoms with Gasteiger partial charge in [-0.05, 0) is 56.9 Å². The third-order valence-electron chi connectivity index (χ3n) is 7.06. The Morgan fingerprint density at radius 3 is 2.48 bits per heavy atom. The molecule has 0 spiro atoms. The highest BCUT2D eigenvalue weighted by molar-refractivity contribution is 6.00. The van der Waals surface area contributed by atoms with Crippen LogP contribution in [-0.2, 0) is 9.57 Å². The number of benzene rings is 2. The summed E-state index contributed by atoms with van der Waals surface area (Å²) in [5.41, 5.74) is 2.84. The normalized spacial score (nSPS) is 20.6. The minimum Gasteiger partial charge on any atom is -0.444 e. The van der Waals surface area contributed by atoms with E-state index < -0.39 is 11.6 Å². The van der Waals surface area contributed by atoms with Gasteiger partial charge in [-0.3, -0.25) is 4.79 Å². The van der Waals surface area contributed by atoms with Crippen molar-refractivity contribution in [2.45, 2.75) is 57.6 Å². The molecule has 0 radical (unpaired) electrons. The number of carbonyl (C=O) groups is 2. The fourth-order valence-corrected chi connectivity index (χ4v) is 5.17. The van der Waals surface area contributed by atoms with Gasteiger partial charge < -0.3 is 23.9 Å². The predicted octanol–water partition coefficient (Wildman–Crippen LogP) is 5.44. The Balaban J connectivity index is 1.33. The average molecular weight is 546 g/mol. The maximum absolute atomic E-state index is 13.7. The molecule has 40 heavy (non-hydrogen) atoms. The molecule has 2 fully saturated rings. The molecule has 3 aromatic rings. The lowest BCUT2D eigenvalue weighted by Gasteiger charge is -2.32. The van der Waals surface area contributed by atoms with E-state index in [-0.39, 0.29) is 17.9 Å². The van der Waals surface area contributed by atoms with Gasteiger partial charge in [0.15, 0.2) is 5.82 Å². The number of likely N-dealkylation sites (tertiary alicyclic amines) is 2. The van der Waals surface area contributed by atoms with Crippen LogP contribution in [0.4, 0.5) is 4.79 Å². The smallest absolute Gasteiger partial charge is 0.410 e. The second-order valence-corrected chi connectivity index (χ2v) is 11.2. The van der Waals surface area contributed by atoms with Crippen LogP contribution in [0.3, 0.4) is 0 Å². The summed E-state index contributed by atoms with van der Waals surface area (Å²) in [6.45, 7) is 6.92. The minimum atomic E-state index is -0.566. The van der Waals surface area contributed by atoms with Gasteiger partial charge in [-0.15, -0.1) is 0 Å². The van der Waals surface area contributed by atoms with E-state index in [1.54, 1.807) is 9.80 Å². The summed E-state index contributed by atoms with van der Waals surface area (Å²) in [6.07, 6.45) is 1.72. The van der Waals surface area contributed by atoms with E-state index in [4.69, 9.17) is 19.1 Å². The molecule has 0 unspecified atom stereocenters. The Kier molecular flexibility index (Phi) is 7.86. The van der Waals surface area contributed by atoms with Gasteiger partial charge in [0.05, 0.1) is 18.2 Å². The molecular weight excluding hydrogens is 510 g/mol. The van der Waals surface area contributed by atoms with Crippen molar-refractivity contribution in [1.82, 2.24) is 19.9 Å². The van der Waals surface area contributed by atoms with Crippen molar-refractivity contribution in [3.8, 4) is 11.1 Å². The highest BCUT2D eigenvalue weighted by atomic mass is 16.6. The fourth-order valence-electron chi connectivity index (χ4n) is 5.17. The molecule has 10 nitrogen and oxygen atoms in total. The number of oxime groups is 1. The summed E-state index contributed by atoms with van der Waals surface area (Å²) < 4.78 is 11.2. The van der Waals surface area contributed by atoms with Crippen LogP contribution in [0, 0.1) is 0 Å². The van der Waals surface area contributed by atoms with Gasteiger partial charge in [0.1, 0.15) is 18.8 Å². The second kappa shape index (κ2) is 11.5. The third kappa shape index (κ3) is 6.16. The SMILES string of the molecule is CO/N=C1\C[C@@H](c2noc([C@H]3CCCN(C(=O)OC(C)(C)C)C3)n2)N(C(=O)c2ccc(-c3ccccc3)cc2)C1. The highest BCUT2D eigenvalue weighted by Crippen LogP contribution is 2.33. The van der Waals surface area contributed by atoms with E-state index >= 15 is 0 Å². The fraction of sp³-hybridized carbons (Fsp3) is 0.433. The van der Waals surface area contributed by atoms with E-state index in [0.29, 0.717) is 43.3 Å². The molecule has 2 aromatic carbocycles. The van der Waals surface area contributed by atoms with Crippen molar-refractivity contribution >= 4 is 17.7 Å². The van der Waals surface area contributed by atoms with Gasteiger partial charge >= 0.3 is 6.09 Å². The molecule has 1 aromatic heterocycles. The van der Waals surface area contributed by atoms with Gasteiger partial charge in [0.25, 0.3) is 5.91 Å². The van der Waals surface area contributed by atoms with Crippen LogP contribution >= 0.6 is 0 Å². The molecule has 5 rings (SSSR count). The maximum atomic E-state index is 13.7. The first-order valence-electron chi connectivity index (χ1n) is 13.6.